The topological polar surface area (TPSA) is 26.3 Å². The van der Waals surface area contributed by atoms with E-state index in [1.54, 1.807) is 0 Å². The normalized spacial score (nSPS) is 10.8. The molecule has 2 nitrogen and oxygen atoms in total. The zero-order valence-electron chi connectivity index (χ0n) is 18.1. The minimum absolute atomic E-state index is 0.0752. The van der Waals surface area contributed by atoms with Crippen molar-refractivity contribution in [2.45, 2.75) is 83.0 Å². The SMILES string of the molecule is CCCCCCCCOc1ccc(C(=O)Sc2ccc(CCCCC)cc2)cc1. The molecule has 0 aromatic heterocycles. The molecular weight excluding hydrogens is 376 g/mol. The highest BCUT2D eigenvalue weighted by molar-refractivity contribution is 8.14. The summed E-state index contributed by atoms with van der Waals surface area (Å²) in [7, 11) is 0. The second kappa shape index (κ2) is 14.3. The second-order valence-electron chi connectivity index (χ2n) is 7.63. The van der Waals surface area contributed by atoms with Crippen molar-refractivity contribution in [3.8, 4) is 5.75 Å². The summed E-state index contributed by atoms with van der Waals surface area (Å²) >= 11 is 1.29. The molecule has 0 radical (unpaired) electrons. The van der Waals surface area contributed by atoms with Crippen molar-refractivity contribution in [3.63, 3.8) is 0 Å². The summed E-state index contributed by atoms with van der Waals surface area (Å²) in [5.74, 6) is 0.844. The Labute approximate surface area is 181 Å². The van der Waals surface area contributed by atoms with Gasteiger partial charge >= 0.3 is 0 Å². The van der Waals surface area contributed by atoms with E-state index in [1.807, 2.05) is 24.3 Å². The van der Waals surface area contributed by atoms with Gasteiger partial charge in [0.2, 0.25) is 5.12 Å². The van der Waals surface area contributed by atoms with E-state index in [1.165, 1.54) is 68.7 Å². The number of thioether (sulfide) groups is 1. The lowest BCUT2D eigenvalue weighted by molar-refractivity contribution is 0.108. The van der Waals surface area contributed by atoms with Crippen molar-refractivity contribution in [2.75, 3.05) is 6.61 Å². The molecule has 0 saturated heterocycles. The van der Waals surface area contributed by atoms with Gasteiger partial charge in [0.1, 0.15) is 5.75 Å². The van der Waals surface area contributed by atoms with Crippen LogP contribution in [0.15, 0.2) is 53.4 Å². The van der Waals surface area contributed by atoms with E-state index in [2.05, 4.69) is 38.1 Å². The van der Waals surface area contributed by atoms with Crippen LogP contribution in [0.25, 0.3) is 0 Å². The summed E-state index contributed by atoms with van der Waals surface area (Å²) in [6, 6.07) is 15.9. The van der Waals surface area contributed by atoms with E-state index in [0.29, 0.717) is 5.56 Å². The third-order valence-electron chi connectivity index (χ3n) is 5.06. The smallest absolute Gasteiger partial charge is 0.224 e. The van der Waals surface area contributed by atoms with E-state index in [9.17, 15) is 4.79 Å². The summed E-state index contributed by atoms with van der Waals surface area (Å²) in [4.78, 5) is 13.5. The van der Waals surface area contributed by atoms with Crippen molar-refractivity contribution in [2.24, 2.45) is 0 Å². The summed E-state index contributed by atoms with van der Waals surface area (Å²) < 4.78 is 5.80. The highest BCUT2D eigenvalue weighted by Gasteiger charge is 2.08. The van der Waals surface area contributed by atoms with Crippen LogP contribution in [0, 0.1) is 0 Å². The monoisotopic (exact) mass is 412 g/mol. The maximum absolute atomic E-state index is 12.5. The first kappa shape index (κ1) is 23.5. The zero-order chi connectivity index (χ0) is 20.7. The van der Waals surface area contributed by atoms with Crippen LogP contribution in [0.2, 0.25) is 0 Å². The molecule has 0 aliphatic rings. The van der Waals surface area contributed by atoms with Crippen LogP contribution in [0.4, 0.5) is 0 Å². The third kappa shape index (κ3) is 9.54. The van der Waals surface area contributed by atoms with Gasteiger partial charge in [0.15, 0.2) is 0 Å². The van der Waals surface area contributed by atoms with Gasteiger partial charge in [0.05, 0.1) is 6.61 Å². The summed E-state index contributed by atoms with van der Waals surface area (Å²) in [5.41, 5.74) is 2.07. The number of unbranched alkanes of at least 4 members (excludes halogenated alkanes) is 7. The van der Waals surface area contributed by atoms with Gasteiger partial charge in [-0.25, -0.2) is 0 Å². The molecule has 0 bridgehead atoms. The number of hydrogen-bond donors (Lipinski definition) is 0. The Hall–Kier alpha value is -1.74. The average Bonchev–Trinajstić information content (AvgIpc) is 2.75. The van der Waals surface area contributed by atoms with Crippen LogP contribution in [-0.4, -0.2) is 11.7 Å². The average molecular weight is 413 g/mol. The Morgan fingerprint density at radius 1 is 0.759 bits per heavy atom. The number of hydrogen-bond acceptors (Lipinski definition) is 3. The lowest BCUT2D eigenvalue weighted by Crippen LogP contribution is -1.98. The summed E-state index contributed by atoms with van der Waals surface area (Å²) in [6.45, 7) is 5.21. The standard InChI is InChI=1S/C26H36O2S/c1-3-5-7-8-9-11-21-28-24-17-15-23(16-18-24)26(27)29-25-19-13-22(14-20-25)12-10-6-4-2/h13-20H,3-12,21H2,1-2H3. The van der Waals surface area contributed by atoms with E-state index in [0.717, 1.165) is 30.1 Å². The molecule has 2 aromatic carbocycles. The molecule has 0 saturated carbocycles. The highest BCUT2D eigenvalue weighted by atomic mass is 32.2. The van der Waals surface area contributed by atoms with Crippen LogP contribution < -0.4 is 4.74 Å². The van der Waals surface area contributed by atoms with Crippen molar-refractivity contribution < 1.29 is 9.53 Å². The second-order valence-corrected chi connectivity index (χ2v) is 8.68. The van der Waals surface area contributed by atoms with Crippen molar-refractivity contribution in [1.29, 1.82) is 0 Å². The Kier molecular flexibility index (Phi) is 11.6. The fourth-order valence-corrected chi connectivity index (χ4v) is 3.97. The Balaban J connectivity index is 1.72. The lowest BCUT2D eigenvalue weighted by Gasteiger charge is -2.07. The molecule has 0 spiro atoms. The van der Waals surface area contributed by atoms with Gasteiger partial charge in [0, 0.05) is 10.5 Å². The maximum atomic E-state index is 12.5. The predicted octanol–water partition coefficient (Wildman–Crippen LogP) is 8.09. The number of benzene rings is 2. The van der Waals surface area contributed by atoms with Crippen molar-refractivity contribution in [1.82, 2.24) is 0 Å². The molecule has 3 heteroatoms. The van der Waals surface area contributed by atoms with Gasteiger partial charge in [-0.05, 0) is 73.0 Å². The van der Waals surface area contributed by atoms with Gasteiger partial charge in [0.25, 0.3) is 0 Å². The number of ether oxygens (including phenoxy) is 1. The van der Waals surface area contributed by atoms with Gasteiger partial charge in [-0.2, -0.15) is 0 Å². The molecule has 29 heavy (non-hydrogen) atoms. The molecule has 2 rings (SSSR count). The molecule has 0 aliphatic carbocycles. The molecule has 0 heterocycles. The van der Waals surface area contributed by atoms with E-state index in [-0.39, 0.29) is 5.12 Å². The highest BCUT2D eigenvalue weighted by Crippen LogP contribution is 2.25. The van der Waals surface area contributed by atoms with Crippen LogP contribution in [0.3, 0.4) is 0 Å². The molecule has 0 amide bonds. The van der Waals surface area contributed by atoms with Crippen molar-refractivity contribution in [3.05, 3.63) is 59.7 Å². The molecule has 0 fully saturated rings. The first-order chi connectivity index (χ1) is 14.2. The summed E-state index contributed by atoms with van der Waals surface area (Å²) in [6.07, 6.45) is 12.4. The fraction of sp³-hybridized carbons (Fsp3) is 0.500. The first-order valence-corrected chi connectivity index (χ1v) is 12.1. The molecule has 0 atom stereocenters. The Morgan fingerprint density at radius 2 is 1.38 bits per heavy atom. The van der Waals surface area contributed by atoms with Crippen LogP contribution in [-0.2, 0) is 6.42 Å². The maximum Gasteiger partial charge on any atom is 0.224 e. The minimum Gasteiger partial charge on any atom is -0.494 e. The molecule has 0 N–H and O–H groups in total. The fourth-order valence-electron chi connectivity index (χ4n) is 3.23. The lowest BCUT2D eigenvalue weighted by atomic mass is 10.1. The van der Waals surface area contributed by atoms with E-state index >= 15 is 0 Å². The minimum atomic E-state index is 0.0752. The van der Waals surface area contributed by atoms with Crippen molar-refractivity contribution >= 4 is 16.9 Å². The predicted molar refractivity (Wildman–Crippen MR) is 125 cm³/mol. The van der Waals surface area contributed by atoms with Crippen LogP contribution in [0.1, 0.15) is 87.6 Å². The largest absolute Gasteiger partial charge is 0.494 e. The number of carbonyl (C=O) groups excluding carboxylic acids is 1. The number of aryl methyl sites for hydroxylation is 1. The van der Waals surface area contributed by atoms with E-state index < -0.39 is 0 Å². The van der Waals surface area contributed by atoms with Crippen LogP contribution in [0.5, 0.6) is 5.75 Å². The van der Waals surface area contributed by atoms with Gasteiger partial charge < -0.3 is 4.74 Å². The first-order valence-electron chi connectivity index (χ1n) is 11.3. The number of rotatable bonds is 14. The zero-order valence-corrected chi connectivity index (χ0v) is 18.9. The molecule has 2 aromatic rings. The van der Waals surface area contributed by atoms with Gasteiger partial charge in [-0.1, -0.05) is 70.9 Å². The third-order valence-corrected chi connectivity index (χ3v) is 5.99. The quantitative estimate of drug-likeness (QED) is 0.232. The molecule has 0 aliphatic heterocycles. The molecule has 158 valence electrons. The molecular formula is C26H36O2S. The Morgan fingerprint density at radius 3 is 2.07 bits per heavy atom. The van der Waals surface area contributed by atoms with Gasteiger partial charge in [-0.3, -0.25) is 4.79 Å². The van der Waals surface area contributed by atoms with Gasteiger partial charge in [-0.15, -0.1) is 0 Å². The summed E-state index contributed by atoms with van der Waals surface area (Å²) in [5, 5.41) is 0.0752. The van der Waals surface area contributed by atoms with Crippen LogP contribution >= 0.6 is 11.8 Å². The molecule has 0 unspecified atom stereocenters. The number of carbonyl (C=O) groups is 1. The Bertz CT molecular complexity index is 692. The van der Waals surface area contributed by atoms with E-state index in [4.69, 9.17) is 4.74 Å².